The quantitative estimate of drug-likeness (QED) is 0.669. The Morgan fingerprint density at radius 3 is 3.04 bits per heavy atom. The van der Waals surface area contributed by atoms with E-state index in [1.54, 1.807) is 0 Å². The largest absolute Gasteiger partial charge is 0.493 e. The van der Waals surface area contributed by atoms with Gasteiger partial charge >= 0.3 is 0 Å². The molecule has 2 aliphatic carbocycles. The number of hydrogen-bond donors (Lipinski definition) is 1. The Labute approximate surface area is 169 Å². The third kappa shape index (κ3) is 2.84. The number of para-hydroxylation sites is 1. The van der Waals surface area contributed by atoms with Gasteiger partial charge in [0.2, 0.25) is 0 Å². The number of pyridine rings is 1. The summed E-state index contributed by atoms with van der Waals surface area (Å²) < 4.78 is 7.92. The Kier molecular flexibility index (Phi) is 3.80. The minimum absolute atomic E-state index is 0.585. The number of ether oxygens (including phenoxy) is 1. The number of aromatic nitrogens is 3. The Balaban J connectivity index is 1.16. The van der Waals surface area contributed by atoms with Gasteiger partial charge in [-0.2, -0.15) is 0 Å². The molecule has 3 aliphatic rings. The van der Waals surface area contributed by atoms with E-state index in [0.717, 1.165) is 54.8 Å². The van der Waals surface area contributed by atoms with E-state index in [1.807, 2.05) is 10.6 Å². The molecular weight excluding hydrogens is 372 g/mol. The van der Waals surface area contributed by atoms with Crippen LogP contribution in [0, 0.1) is 11.8 Å². The number of fused-ring (bicyclic) bond motifs is 2. The van der Waals surface area contributed by atoms with E-state index in [9.17, 15) is 0 Å². The summed E-state index contributed by atoms with van der Waals surface area (Å²) in [5, 5.41) is 12.9. The first-order valence-corrected chi connectivity index (χ1v) is 10.7. The molecule has 2 fully saturated rings. The number of nitrogens with one attached hydrogen (secondary N) is 1. The first kappa shape index (κ1) is 16.7. The summed E-state index contributed by atoms with van der Waals surface area (Å²) in [6.07, 6.45) is 7.89. The van der Waals surface area contributed by atoms with Gasteiger partial charge in [0, 0.05) is 25.6 Å². The molecule has 6 rings (SSSR count). The van der Waals surface area contributed by atoms with Gasteiger partial charge in [0.25, 0.3) is 0 Å². The molecule has 2 unspecified atom stereocenters. The van der Waals surface area contributed by atoms with Crippen molar-refractivity contribution in [3.63, 3.8) is 0 Å². The molecule has 1 aliphatic heterocycles. The molecule has 1 aromatic carbocycles. The summed E-state index contributed by atoms with van der Waals surface area (Å²) >= 11 is 6.64. The van der Waals surface area contributed by atoms with Crippen molar-refractivity contribution in [1.82, 2.24) is 14.6 Å². The second-order valence-electron chi connectivity index (χ2n) is 8.42. The number of rotatable bonds is 6. The van der Waals surface area contributed by atoms with Gasteiger partial charge in [-0.25, -0.2) is 0 Å². The SMILES string of the molecule is Clc1c(NCC2CC2c2cccc3c2OCC3)ccn2c(CC3CC3)nnc12. The van der Waals surface area contributed by atoms with Crippen LogP contribution in [0.4, 0.5) is 5.69 Å². The van der Waals surface area contributed by atoms with Crippen LogP contribution in [-0.2, 0) is 12.8 Å². The van der Waals surface area contributed by atoms with Crippen LogP contribution >= 0.6 is 11.6 Å². The summed E-state index contributed by atoms with van der Waals surface area (Å²) in [4.78, 5) is 0. The van der Waals surface area contributed by atoms with Gasteiger partial charge in [0.1, 0.15) is 16.6 Å². The Bertz CT molecular complexity index is 1060. The van der Waals surface area contributed by atoms with Crippen molar-refractivity contribution < 1.29 is 4.74 Å². The summed E-state index contributed by atoms with van der Waals surface area (Å²) in [6.45, 7) is 1.73. The number of anilines is 1. The molecule has 0 radical (unpaired) electrons. The van der Waals surface area contributed by atoms with Gasteiger partial charge in [0.05, 0.1) is 12.3 Å². The maximum absolute atomic E-state index is 6.64. The third-order valence-electron chi connectivity index (χ3n) is 6.38. The molecule has 2 aromatic heterocycles. The van der Waals surface area contributed by atoms with Crippen molar-refractivity contribution in [1.29, 1.82) is 0 Å². The molecule has 0 spiro atoms. The molecular formula is C22H23ClN4O. The summed E-state index contributed by atoms with van der Waals surface area (Å²) in [6, 6.07) is 8.63. The minimum atomic E-state index is 0.585. The first-order valence-electron chi connectivity index (χ1n) is 10.3. The van der Waals surface area contributed by atoms with Crippen LogP contribution in [0.1, 0.15) is 42.1 Å². The van der Waals surface area contributed by atoms with Gasteiger partial charge in [-0.1, -0.05) is 29.8 Å². The monoisotopic (exact) mass is 394 g/mol. The van der Waals surface area contributed by atoms with Gasteiger partial charge in [-0.3, -0.25) is 4.40 Å². The van der Waals surface area contributed by atoms with Crippen LogP contribution in [-0.4, -0.2) is 27.7 Å². The Morgan fingerprint density at radius 2 is 2.14 bits per heavy atom. The van der Waals surface area contributed by atoms with E-state index in [4.69, 9.17) is 16.3 Å². The van der Waals surface area contributed by atoms with Crippen molar-refractivity contribution >= 4 is 22.9 Å². The second-order valence-corrected chi connectivity index (χ2v) is 8.80. The van der Waals surface area contributed by atoms with Gasteiger partial charge < -0.3 is 10.1 Å². The fourth-order valence-corrected chi connectivity index (χ4v) is 4.71. The van der Waals surface area contributed by atoms with Crippen molar-refractivity contribution in [2.75, 3.05) is 18.5 Å². The van der Waals surface area contributed by atoms with Crippen LogP contribution in [0.5, 0.6) is 5.75 Å². The Morgan fingerprint density at radius 1 is 1.21 bits per heavy atom. The lowest BCUT2D eigenvalue weighted by Crippen LogP contribution is -2.06. The van der Waals surface area contributed by atoms with Crippen molar-refractivity contribution in [2.24, 2.45) is 11.8 Å². The molecule has 0 saturated heterocycles. The molecule has 6 heteroatoms. The van der Waals surface area contributed by atoms with E-state index in [1.165, 1.54) is 30.4 Å². The summed E-state index contributed by atoms with van der Waals surface area (Å²) in [7, 11) is 0. The molecule has 5 nitrogen and oxygen atoms in total. The average Bonchev–Trinajstić information content (AvgIpc) is 3.58. The highest BCUT2D eigenvalue weighted by Crippen LogP contribution is 2.52. The van der Waals surface area contributed by atoms with Crippen LogP contribution in [0.2, 0.25) is 5.02 Å². The van der Waals surface area contributed by atoms with E-state index >= 15 is 0 Å². The van der Waals surface area contributed by atoms with Gasteiger partial charge in [-0.05, 0) is 54.2 Å². The molecule has 28 heavy (non-hydrogen) atoms. The summed E-state index contributed by atoms with van der Waals surface area (Å²) in [5.41, 5.74) is 4.44. The van der Waals surface area contributed by atoms with E-state index < -0.39 is 0 Å². The van der Waals surface area contributed by atoms with Crippen LogP contribution in [0.25, 0.3) is 5.65 Å². The molecule has 0 amide bonds. The predicted molar refractivity (Wildman–Crippen MR) is 109 cm³/mol. The zero-order chi connectivity index (χ0) is 18.7. The van der Waals surface area contributed by atoms with Crippen molar-refractivity contribution in [3.05, 3.63) is 52.4 Å². The number of halogens is 1. The van der Waals surface area contributed by atoms with Crippen LogP contribution in [0.3, 0.4) is 0 Å². The molecule has 0 bridgehead atoms. The van der Waals surface area contributed by atoms with E-state index in [2.05, 4.69) is 39.8 Å². The average molecular weight is 395 g/mol. The molecule has 3 aromatic rings. The van der Waals surface area contributed by atoms with Gasteiger partial charge in [-0.15, -0.1) is 10.2 Å². The summed E-state index contributed by atoms with van der Waals surface area (Å²) in [5.74, 6) is 4.14. The molecule has 144 valence electrons. The lowest BCUT2D eigenvalue weighted by molar-refractivity contribution is 0.353. The number of benzene rings is 1. The predicted octanol–water partition coefficient (Wildman–Crippen LogP) is 4.49. The fourth-order valence-electron chi connectivity index (χ4n) is 4.46. The maximum Gasteiger partial charge on any atom is 0.181 e. The standard InChI is InChI=1S/C22H23ClN4O/c23-20-18(6-8-27-19(10-13-4-5-13)25-26-22(20)27)24-12-15-11-17(15)16-3-1-2-14-7-9-28-21(14)16/h1-3,6,8,13,15,17,24H,4-5,7,9-12H2. The number of nitrogens with zero attached hydrogens (tertiary/aromatic N) is 3. The van der Waals surface area contributed by atoms with Crippen LogP contribution < -0.4 is 10.1 Å². The molecule has 2 atom stereocenters. The zero-order valence-corrected chi connectivity index (χ0v) is 16.5. The highest BCUT2D eigenvalue weighted by Gasteiger charge is 2.40. The smallest absolute Gasteiger partial charge is 0.181 e. The first-order chi connectivity index (χ1) is 13.8. The lowest BCUT2D eigenvalue weighted by atomic mass is 10.0. The molecule has 2 saturated carbocycles. The van der Waals surface area contributed by atoms with Gasteiger partial charge in [0.15, 0.2) is 5.65 Å². The minimum Gasteiger partial charge on any atom is -0.493 e. The molecule has 1 N–H and O–H groups in total. The van der Waals surface area contributed by atoms with Crippen molar-refractivity contribution in [3.8, 4) is 5.75 Å². The Hall–Kier alpha value is -2.27. The van der Waals surface area contributed by atoms with E-state index in [-0.39, 0.29) is 0 Å². The fraction of sp³-hybridized carbons (Fsp3) is 0.455. The maximum atomic E-state index is 6.64. The topological polar surface area (TPSA) is 51.5 Å². The lowest BCUT2D eigenvalue weighted by Gasteiger charge is -2.10. The zero-order valence-electron chi connectivity index (χ0n) is 15.7. The van der Waals surface area contributed by atoms with E-state index in [0.29, 0.717) is 16.9 Å². The van der Waals surface area contributed by atoms with Crippen LogP contribution in [0.15, 0.2) is 30.5 Å². The number of hydrogen-bond acceptors (Lipinski definition) is 4. The van der Waals surface area contributed by atoms with Crippen molar-refractivity contribution in [2.45, 2.75) is 38.0 Å². The third-order valence-corrected chi connectivity index (χ3v) is 6.75. The normalized spacial score (nSPS) is 22.9. The second kappa shape index (κ2) is 6.38. The highest BCUT2D eigenvalue weighted by molar-refractivity contribution is 6.36. The highest BCUT2D eigenvalue weighted by atomic mass is 35.5. The molecule has 3 heterocycles.